The molecule has 0 saturated heterocycles. The summed E-state index contributed by atoms with van der Waals surface area (Å²) >= 11 is 0. The molecule has 0 radical (unpaired) electrons. The van der Waals surface area contributed by atoms with Crippen LogP contribution < -0.4 is 10.5 Å². The maximum atomic E-state index is 13.2. The van der Waals surface area contributed by atoms with Crippen molar-refractivity contribution >= 4 is 0 Å². The standard InChI is InChI=1S/C9H9F4NO/c1-15-8-5(9(12,13)4-14)2-3-6(10)7(8)11/h2-3H,4,14H2,1H3. The third kappa shape index (κ3) is 2.04. The molecule has 15 heavy (non-hydrogen) atoms. The molecule has 0 aliphatic carbocycles. The van der Waals surface area contributed by atoms with Crippen molar-refractivity contribution < 1.29 is 22.3 Å². The Bertz CT molecular complexity index is 367. The number of nitrogens with two attached hydrogens (primary N) is 1. The molecule has 2 nitrogen and oxygen atoms in total. The number of ether oxygens (including phenoxy) is 1. The molecule has 0 unspecified atom stereocenters. The first-order valence-electron chi connectivity index (χ1n) is 4.04. The van der Waals surface area contributed by atoms with Crippen LogP contribution in [-0.2, 0) is 5.92 Å². The van der Waals surface area contributed by atoms with Crippen LogP contribution in [-0.4, -0.2) is 13.7 Å². The highest BCUT2D eigenvalue weighted by molar-refractivity contribution is 5.39. The summed E-state index contributed by atoms with van der Waals surface area (Å²) in [6, 6.07) is 1.36. The average molecular weight is 223 g/mol. The van der Waals surface area contributed by atoms with Crippen molar-refractivity contribution in [2.24, 2.45) is 5.73 Å². The molecule has 6 heteroatoms. The van der Waals surface area contributed by atoms with E-state index in [0.29, 0.717) is 6.07 Å². The van der Waals surface area contributed by atoms with Gasteiger partial charge < -0.3 is 10.5 Å². The molecule has 0 atom stereocenters. The second-order valence-electron chi connectivity index (χ2n) is 2.85. The van der Waals surface area contributed by atoms with Gasteiger partial charge in [0.1, 0.15) is 0 Å². The van der Waals surface area contributed by atoms with Gasteiger partial charge in [-0.15, -0.1) is 0 Å². The number of halogens is 4. The van der Waals surface area contributed by atoms with Crippen molar-refractivity contribution in [2.45, 2.75) is 5.92 Å². The first-order chi connectivity index (χ1) is 6.94. The quantitative estimate of drug-likeness (QED) is 0.795. The normalized spacial score (nSPS) is 11.6. The summed E-state index contributed by atoms with van der Waals surface area (Å²) < 4.78 is 56.5. The highest BCUT2D eigenvalue weighted by Crippen LogP contribution is 2.36. The van der Waals surface area contributed by atoms with Crippen molar-refractivity contribution in [3.8, 4) is 5.75 Å². The summed E-state index contributed by atoms with van der Waals surface area (Å²) in [4.78, 5) is 0. The Labute approximate surface area is 83.6 Å². The fourth-order valence-corrected chi connectivity index (χ4v) is 1.13. The maximum absolute atomic E-state index is 13.2. The van der Waals surface area contributed by atoms with E-state index in [-0.39, 0.29) is 0 Å². The lowest BCUT2D eigenvalue weighted by molar-refractivity contribution is 0.00305. The molecule has 0 fully saturated rings. The van der Waals surface area contributed by atoms with Crippen LogP contribution in [0.4, 0.5) is 17.6 Å². The van der Waals surface area contributed by atoms with Crippen molar-refractivity contribution in [1.82, 2.24) is 0 Å². The van der Waals surface area contributed by atoms with Gasteiger partial charge in [-0.1, -0.05) is 0 Å². The van der Waals surface area contributed by atoms with Crippen LogP contribution in [0.25, 0.3) is 0 Å². The molecular formula is C9H9F4NO. The number of hydrogen-bond acceptors (Lipinski definition) is 2. The van der Waals surface area contributed by atoms with Gasteiger partial charge in [0.05, 0.1) is 19.2 Å². The molecule has 0 spiro atoms. The summed E-state index contributed by atoms with van der Waals surface area (Å²) in [5.74, 6) is -6.95. The average Bonchev–Trinajstić information content (AvgIpc) is 2.21. The number of benzene rings is 1. The highest BCUT2D eigenvalue weighted by atomic mass is 19.3. The van der Waals surface area contributed by atoms with Crippen LogP contribution in [0, 0.1) is 11.6 Å². The molecule has 0 aromatic heterocycles. The van der Waals surface area contributed by atoms with Gasteiger partial charge in [0.2, 0.25) is 5.82 Å². The maximum Gasteiger partial charge on any atom is 0.288 e. The van der Waals surface area contributed by atoms with Crippen molar-refractivity contribution in [2.75, 3.05) is 13.7 Å². The summed E-state index contributed by atoms with van der Waals surface area (Å²) in [7, 11) is 0.980. The predicted molar refractivity (Wildman–Crippen MR) is 45.9 cm³/mol. The summed E-state index contributed by atoms with van der Waals surface area (Å²) in [6.45, 7) is -1.01. The zero-order valence-corrected chi connectivity index (χ0v) is 7.86. The van der Waals surface area contributed by atoms with E-state index in [0.717, 1.165) is 13.2 Å². The Morgan fingerprint density at radius 2 is 1.93 bits per heavy atom. The van der Waals surface area contributed by atoms with Gasteiger partial charge in [0.25, 0.3) is 5.92 Å². The molecule has 1 aromatic carbocycles. The Kier molecular flexibility index (Phi) is 3.18. The van der Waals surface area contributed by atoms with E-state index in [1.165, 1.54) is 0 Å². The minimum absolute atomic E-state index is 0.608. The van der Waals surface area contributed by atoms with Gasteiger partial charge >= 0.3 is 0 Å². The Balaban J connectivity index is 3.37. The summed E-state index contributed by atoms with van der Waals surface area (Å²) in [6.07, 6.45) is 0. The van der Waals surface area contributed by atoms with E-state index in [1.54, 1.807) is 0 Å². The zero-order chi connectivity index (χ0) is 11.6. The third-order valence-corrected chi connectivity index (χ3v) is 1.90. The SMILES string of the molecule is COc1c(C(F)(F)CN)ccc(F)c1F. The van der Waals surface area contributed by atoms with E-state index in [2.05, 4.69) is 4.74 Å². The van der Waals surface area contributed by atoms with Crippen molar-refractivity contribution in [1.29, 1.82) is 0 Å². The number of rotatable bonds is 3. The lowest BCUT2D eigenvalue weighted by Crippen LogP contribution is -2.26. The minimum Gasteiger partial charge on any atom is -0.493 e. The smallest absolute Gasteiger partial charge is 0.288 e. The number of alkyl halides is 2. The highest BCUT2D eigenvalue weighted by Gasteiger charge is 2.35. The first-order valence-corrected chi connectivity index (χ1v) is 4.04. The minimum atomic E-state index is -3.44. The monoisotopic (exact) mass is 223 g/mol. The molecule has 0 aliphatic heterocycles. The van der Waals surface area contributed by atoms with E-state index < -0.39 is 35.4 Å². The topological polar surface area (TPSA) is 35.2 Å². The molecule has 0 saturated carbocycles. The third-order valence-electron chi connectivity index (χ3n) is 1.90. The Morgan fingerprint density at radius 3 is 2.40 bits per heavy atom. The summed E-state index contributed by atoms with van der Waals surface area (Å²) in [5, 5.41) is 0. The van der Waals surface area contributed by atoms with Gasteiger partial charge in [-0.25, -0.2) is 4.39 Å². The van der Waals surface area contributed by atoms with Crippen LogP contribution in [0.5, 0.6) is 5.75 Å². The van der Waals surface area contributed by atoms with Crippen LogP contribution in [0.2, 0.25) is 0 Å². The van der Waals surface area contributed by atoms with E-state index in [4.69, 9.17) is 5.73 Å². The zero-order valence-electron chi connectivity index (χ0n) is 7.86. The molecule has 84 valence electrons. The fraction of sp³-hybridized carbons (Fsp3) is 0.333. The lowest BCUT2D eigenvalue weighted by Gasteiger charge is -2.17. The van der Waals surface area contributed by atoms with Crippen LogP contribution in [0.15, 0.2) is 12.1 Å². The second kappa shape index (κ2) is 4.06. The Morgan fingerprint density at radius 1 is 1.33 bits per heavy atom. The van der Waals surface area contributed by atoms with Gasteiger partial charge in [0, 0.05) is 0 Å². The van der Waals surface area contributed by atoms with Crippen LogP contribution in [0.3, 0.4) is 0 Å². The molecule has 2 N–H and O–H groups in total. The van der Waals surface area contributed by atoms with Gasteiger partial charge in [-0.05, 0) is 12.1 Å². The van der Waals surface area contributed by atoms with E-state index in [1.807, 2.05) is 0 Å². The number of hydrogen-bond donors (Lipinski definition) is 1. The molecule has 1 rings (SSSR count). The van der Waals surface area contributed by atoms with E-state index >= 15 is 0 Å². The van der Waals surface area contributed by atoms with Crippen molar-refractivity contribution in [3.63, 3.8) is 0 Å². The van der Waals surface area contributed by atoms with Crippen LogP contribution >= 0.6 is 0 Å². The Hall–Kier alpha value is -1.30. The molecule has 0 aliphatic rings. The molecule has 0 amide bonds. The predicted octanol–water partition coefficient (Wildman–Crippen LogP) is 2.02. The molecule has 1 aromatic rings. The van der Waals surface area contributed by atoms with Gasteiger partial charge in [0.15, 0.2) is 11.6 Å². The fourth-order valence-electron chi connectivity index (χ4n) is 1.13. The van der Waals surface area contributed by atoms with Gasteiger partial charge in [-0.3, -0.25) is 0 Å². The molecule has 0 heterocycles. The van der Waals surface area contributed by atoms with Crippen LogP contribution in [0.1, 0.15) is 5.56 Å². The van der Waals surface area contributed by atoms with Gasteiger partial charge in [-0.2, -0.15) is 13.2 Å². The number of methoxy groups -OCH3 is 1. The van der Waals surface area contributed by atoms with Crippen molar-refractivity contribution in [3.05, 3.63) is 29.3 Å². The molecular weight excluding hydrogens is 214 g/mol. The second-order valence-corrected chi connectivity index (χ2v) is 2.85. The largest absolute Gasteiger partial charge is 0.493 e. The molecule has 0 bridgehead atoms. The first kappa shape index (κ1) is 11.8. The summed E-state index contributed by atoms with van der Waals surface area (Å²) in [5.41, 5.74) is 4.07. The lowest BCUT2D eigenvalue weighted by atomic mass is 10.1. The van der Waals surface area contributed by atoms with E-state index in [9.17, 15) is 17.6 Å².